The second kappa shape index (κ2) is 9.85. The number of likely N-dealkylation sites (tertiary alicyclic amines) is 1. The van der Waals surface area contributed by atoms with E-state index in [1.54, 1.807) is 18.2 Å². The summed E-state index contributed by atoms with van der Waals surface area (Å²) in [6.07, 6.45) is 2.60. The first-order chi connectivity index (χ1) is 14.1. The molecule has 3 rings (SSSR count). The monoisotopic (exact) mass is 390 g/mol. The number of rotatable bonds is 7. The molecule has 0 saturated carbocycles. The summed E-state index contributed by atoms with van der Waals surface area (Å²) in [5.41, 5.74) is 8.37. The Labute approximate surface area is 171 Å². The van der Waals surface area contributed by atoms with E-state index < -0.39 is 0 Å². The van der Waals surface area contributed by atoms with Crippen molar-refractivity contribution < 1.29 is 9.59 Å². The van der Waals surface area contributed by atoms with E-state index in [2.05, 4.69) is 11.4 Å². The van der Waals surface area contributed by atoms with Gasteiger partial charge in [-0.15, -0.1) is 0 Å². The number of nitrogens with zero attached hydrogens (tertiary/aromatic N) is 2. The third-order valence-corrected chi connectivity index (χ3v) is 5.22. The van der Waals surface area contributed by atoms with Gasteiger partial charge in [-0.1, -0.05) is 30.3 Å². The van der Waals surface area contributed by atoms with Gasteiger partial charge in [-0.25, -0.2) is 0 Å². The van der Waals surface area contributed by atoms with E-state index in [1.807, 2.05) is 41.3 Å². The Morgan fingerprint density at radius 2 is 2.00 bits per heavy atom. The molecule has 1 saturated heterocycles. The van der Waals surface area contributed by atoms with Crippen LogP contribution < -0.4 is 11.1 Å². The highest BCUT2D eigenvalue weighted by molar-refractivity contribution is 5.94. The molecule has 2 aromatic carbocycles. The highest BCUT2D eigenvalue weighted by Gasteiger charge is 2.29. The SMILES string of the molecule is N#Cc1cccc(C[C@@H](N)CC(=O)N2CCC[C@H]2CNC(=O)c2ccccc2)c1. The summed E-state index contributed by atoms with van der Waals surface area (Å²) in [6, 6.07) is 18.2. The van der Waals surface area contributed by atoms with E-state index >= 15 is 0 Å². The Bertz CT molecular complexity index is 891. The van der Waals surface area contributed by atoms with Crippen LogP contribution in [-0.4, -0.2) is 41.9 Å². The Balaban J connectivity index is 1.51. The van der Waals surface area contributed by atoms with E-state index in [0.717, 1.165) is 18.4 Å². The number of hydrogen-bond donors (Lipinski definition) is 2. The van der Waals surface area contributed by atoms with Crippen molar-refractivity contribution in [3.63, 3.8) is 0 Å². The molecule has 6 heteroatoms. The van der Waals surface area contributed by atoms with Crippen LogP contribution in [0.25, 0.3) is 0 Å². The summed E-state index contributed by atoms with van der Waals surface area (Å²) < 4.78 is 0. The predicted molar refractivity (Wildman–Crippen MR) is 111 cm³/mol. The summed E-state index contributed by atoms with van der Waals surface area (Å²) in [4.78, 5) is 26.9. The summed E-state index contributed by atoms with van der Waals surface area (Å²) in [5, 5.41) is 11.9. The second-order valence-corrected chi connectivity index (χ2v) is 7.44. The molecule has 0 radical (unpaired) electrons. The Hall–Kier alpha value is -3.17. The highest BCUT2D eigenvalue weighted by Crippen LogP contribution is 2.19. The molecule has 2 aromatic rings. The van der Waals surface area contributed by atoms with Crippen LogP contribution in [0.3, 0.4) is 0 Å². The molecule has 2 amide bonds. The van der Waals surface area contributed by atoms with Gasteiger partial charge in [0.1, 0.15) is 0 Å². The molecule has 6 nitrogen and oxygen atoms in total. The zero-order valence-electron chi connectivity index (χ0n) is 16.4. The van der Waals surface area contributed by atoms with Crippen molar-refractivity contribution >= 4 is 11.8 Å². The molecule has 2 atom stereocenters. The normalized spacial score (nSPS) is 16.8. The summed E-state index contributed by atoms with van der Waals surface area (Å²) >= 11 is 0. The van der Waals surface area contributed by atoms with E-state index in [4.69, 9.17) is 11.0 Å². The number of carbonyl (C=O) groups excluding carboxylic acids is 2. The number of nitriles is 1. The fourth-order valence-corrected chi connectivity index (χ4v) is 3.76. The number of amides is 2. The number of nitrogens with two attached hydrogens (primary N) is 1. The van der Waals surface area contributed by atoms with E-state index in [1.165, 1.54) is 0 Å². The minimum Gasteiger partial charge on any atom is -0.350 e. The van der Waals surface area contributed by atoms with Crippen molar-refractivity contribution in [1.29, 1.82) is 5.26 Å². The standard InChI is InChI=1S/C23H26N4O2/c24-15-18-7-4-6-17(12-18)13-20(25)14-22(28)27-11-5-10-21(27)16-26-23(29)19-8-2-1-3-9-19/h1-4,6-9,12,20-21H,5,10-11,13-14,16,25H2,(H,26,29)/t20-,21+/m1/s1. The smallest absolute Gasteiger partial charge is 0.251 e. The van der Waals surface area contributed by atoms with Crippen molar-refractivity contribution in [2.75, 3.05) is 13.1 Å². The fraction of sp³-hybridized carbons (Fsp3) is 0.348. The first kappa shape index (κ1) is 20.6. The number of carbonyl (C=O) groups is 2. The minimum atomic E-state index is -0.309. The number of benzene rings is 2. The van der Waals surface area contributed by atoms with Gasteiger partial charge in [0.15, 0.2) is 0 Å². The van der Waals surface area contributed by atoms with E-state index in [9.17, 15) is 9.59 Å². The van der Waals surface area contributed by atoms with Gasteiger partial charge in [-0.3, -0.25) is 9.59 Å². The second-order valence-electron chi connectivity index (χ2n) is 7.44. The first-order valence-electron chi connectivity index (χ1n) is 9.94. The van der Waals surface area contributed by atoms with Crippen LogP contribution in [0.5, 0.6) is 0 Å². The maximum Gasteiger partial charge on any atom is 0.251 e. The van der Waals surface area contributed by atoms with Crippen molar-refractivity contribution in [3.05, 3.63) is 71.3 Å². The molecule has 0 unspecified atom stereocenters. The first-order valence-corrected chi connectivity index (χ1v) is 9.94. The lowest BCUT2D eigenvalue weighted by molar-refractivity contribution is -0.132. The van der Waals surface area contributed by atoms with E-state index in [-0.39, 0.29) is 30.3 Å². The van der Waals surface area contributed by atoms with Crippen LogP contribution in [-0.2, 0) is 11.2 Å². The van der Waals surface area contributed by atoms with Crippen LogP contribution in [0, 0.1) is 11.3 Å². The van der Waals surface area contributed by atoms with Crippen LogP contribution in [0.1, 0.15) is 40.7 Å². The lowest BCUT2D eigenvalue weighted by Crippen LogP contribution is -2.45. The molecule has 1 aliphatic heterocycles. The fourth-order valence-electron chi connectivity index (χ4n) is 3.76. The molecule has 0 spiro atoms. The van der Waals surface area contributed by atoms with Crippen LogP contribution >= 0.6 is 0 Å². The van der Waals surface area contributed by atoms with Gasteiger partial charge in [-0.05, 0) is 49.1 Å². The third kappa shape index (κ3) is 5.66. The maximum absolute atomic E-state index is 12.8. The van der Waals surface area contributed by atoms with Gasteiger partial charge in [0.2, 0.25) is 5.91 Å². The van der Waals surface area contributed by atoms with Gasteiger partial charge in [-0.2, -0.15) is 5.26 Å². The topological polar surface area (TPSA) is 99.2 Å². The number of nitrogens with one attached hydrogen (secondary N) is 1. The van der Waals surface area contributed by atoms with Crippen molar-refractivity contribution in [3.8, 4) is 6.07 Å². The predicted octanol–water partition coefficient (Wildman–Crippen LogP) is 2.24. The summed E-state index contributed by atoms with van der Waals surface area (Å²) in [7, 11) is 0. The van der Waals surface area contributed by atoms with Crippen LogP contribution in [0.2, 0.25) is 0 Å². The average molecular weight is 390 g/mol. The lowest BCUT2D eigenvalue weighted by atomic mass is 10.0. The maximum atomic E-state index is 12.8. The van der Waals surface area contributed by atoms with Gasteiger partial charge in [0, 0.05) is 37.2 Å². The van der Waals surface area contributed by atoms with Gasteiger partial charge in [0.25, 0.3) is 5.91 Å². The van der Waals surface area contributed by atoms with Crippen molar-refractivity contribution in [1.82, 2.24) is 10.2 Å². The molecule has 150 valence electrons. The Morgan fingerprint density at radius 1 is 1.21 bits per heavy atom. The van der Waals surface area contributed by atoms with Crippen molar-refractivity contribution in [2.24, 2.45) is 5.73 Å². The van der Waals surface area contributed by atoms with E-state index in [0.29, 0.717) is 30.6 Å². The molecule has 29 heavy (non-hydrogen) atoms. The van der Waals surface area contributed by atoms with Crippen LogP contribution in [0.4, 0.5) is 0 Å². The largest absolute Gasteiger partial charge is 0.350 e. The Morgan fingerprint density at radius 3 is 2.76 bits per heavy atom. The summed E-state index contributed by atoms with van der Waals surface area (Å²) in [6.45, 7) is 1.14. The average Bonchev–Trinajstić information content (AvgIpc) is 3.21. The molecule has 0 aromatic heterocycles. The molecular formula is C23H26N4O2. The zero-order chi connectivity index (χ0) is 20.6. The molecule has 0 aliphatic carbocycles. The van der Waals surface area contributed by atoms with Crippen LogP contribution in [0.15, 0.2) is 54.6 Å². The molecule has 1 aliphatic rings. The zero-order valence-corrected chi connectivity index (χ0v) is 16.4. The molecule has 0 bridgehead atoms. The summed E-state index contributed by atoms with van der Waals surface area (Å²) in [5.74, 6) is -0.107. The molecule has 1 heterocycles. The minimum absolute atomic E-state index is 0.00396. The molecule has 3 N–H and O–H groups in total. The van der Waals surface area contributed by atoms with Crippen molar-refractivity contribution in [2.45, 2.75) is 37.8 Å². The molecular weight excluding hydrogens is 364 g/mol. The lowest BCUT2D eigenvalue weighted by Gasteiger charge is -2.26. The Kier molecular flexibility index (Phi) is 6.99. The highest BCUT2D eigenvalue weighted by atomic mass is 16.2. The third-order valence-electron chi connectivity index (χ3n) is 5.22. The van der Waals surface area contributed by atoms with Gasteiger partial charge >= 0.3 is 0 Å². The van der Waals surface area contributed by atoms with Gasteiger partial charge in [0.05, 0.1) is 11.6 Å². The van der Waals surface area contributed by atoms with Gasteiger partial charge < -0.3 is 16.0 Å². The quantitative estimate of drug-likeness (QED) is 0.757. The number of hydrogen-bond acceptors (Lipinski definition) is 4. The molecule has 1 fully saturated rings.